The van der Waals surface area contributed by atoms with Gasteiger partial charge in [0.05, 0.1) is 6.54 Å². The molecule has 0 amide bonds. The van der Waals surface area contributed by atoms with E-state index in [4.69, 9.17) is 5.11 Å². The van der Waals surface area contributed by atoms with Crippen LogP contribution in [0, 0.1) is 0 Å². The topological polar surface area (TPSA) is 43.8 Å². The number of rotatable bonds is 3. The number of aliphatic carboxylic acids is 1. The van der Waals surface area contributed by atoms with Gasteiger partial charge in [0.2, 0.25) is 0 Å². The Hall–Kier alpha value is -0.910. The van der Waals surface area contributed by atoms with Gasteiger partial charge in [-0.2, -0.15) is 0 Å². The maximum atomic E-state index is 10.7. The normalized spacial score (nSPS) is 25.2. The molecule has 2 aliphatic rings. The fraction of sp³-hybridized carbons (Fsp3) is 0.643. The first-order chi connectivity index (χ1) is 9.24. The molecule has 19 heavy (non-hydrogen) atoms. The van der Waals surface area contributed by atoms with Crippen molar-refractivity contribution in [2.45, 2.75) is 25.3 Å². The van der Waals surface area contributed by atoms with Crippen molar-refractivity contribution in [1.29, 1.82) is 0 Å². The van der Waals surface area contributed by atoms with Gasteiger partial charge in [-0.3, -0.25) is 14.6 Å². The summed E-state index contributed by atoms with van der Waals surface area (Å²) in [4.78, 5) is 16.9. The van der Waals surface area contributed by atoms with Crippen molar-refractivity contribution in [3.8, 4) is 0 Å². The lowest BCUT2D eigenvalue weighted by Crippen LogP contribution is -2.49. The van der Waals surface area contributed by atoms with Gasteiger partial charge >= 0.3 is 5.97 Å². The lowest BCUT2D eigenvalue weighted by molar-refractivity contribution is -0.138. The Labute approximate surface area is 117 Å². The first kappa shape index (κ1) is 13.1. The second-order valence-electron chi connectivity index (χ2n) is 5.41. The van der Waals surface area contributed by atoms with E-state index in [0.29, 0.717) is 6.04 Å². The lowest BCUT2D eigenvalue weighted by Gasteiger charge is -2.40. The number of aryl methyl sites for hydroxylation is 1. The number of piperazine rings is 1. The Balaban J connectivity index is 1.62. The lowest BCUT2D eigenvalue weighted by atomic mass is 9.92. The maximum absolute atomic E-state index is 10.7. The highest BCUT2D eigenvalue weighted by Crippen LogP contribution is 2.37. The molecular formula is C14H20N2O2S. The predicted octanol–water partition coefficient (Wildman–Crippen LogP) is 1.83. The van der Waals surface area contributed by atoms with E-state index in [2.05, 4.69) is 16.3 Å². The number of thiophene rings is 1. The zero-order valence-electron chi connectivity index (χ0n) is 11.0. The molecule has 1 N–H and O–H groups in total. The van der Waals surface area contributed by atoms with E-state index in [-0.39, 0.29) is 6.54 Å². The molecule has 3 rings (SSSR count). The van der Waals surface area contributed by atoms with Crippen LogP contribution in [0.15, 0.2) is 11.4 Å². The van der Waals surface area contributed by atoms with Gasteiger partial charge in [-0.15, -0.1) is 11.3 Å². The summed E-state index contributed by atoms with van der Waals surface area (Å²) in [6.07, 6.45) is 3.78. The zero-order valence-corrected chi connectivity index (χ0v) is 11.9. The summed E-state index contributed by atoms with van der Waals surface area (Å²) in [5, 5.41) is 11.0. The van der Waals surface area contributed by atoms with Gasteiger partial charge in [-0.25, -0.2) is 0 Å². The molecule has 1 saturated heterocycles. The summed E-state index contributed by atoms with van der Waals surface area (Å²) in [6, 6.07) is 2.86. The first-order valence-electron chi connectivity index (χ1n) is 6.98. The second-order valence-corrected chi connectivity index (χ2v) is 6.41. The molecule has 0 saturated carbocycles. The SMILES string of the molecule is O=C(O)CN1CCN(C2CCCc3sccc32)CC1. The number of nitrogens with zero attached hydrogens (tertiary/aromatic N) is 2. The molecule has 1 atom stereocenters. The van der Waals surface area contributed by atoms with Gasteiger partial charge in [0.1, 0.15) is 0 Å². The number of carboxylic acids is 1. The van der Waals surface area contributed by atoms with Gasteiger partial charge in [0.15, 0.2) is 0 Å². The van der Waals surface area contributed by atoms with Gasteiger partial charge in [0, 0.05) is 37.1 Å². The maximum Gasteiger partial charge on any atom is 0.317 e. The number of carbonyl (C=O) groups is 1. The molecule has 1 aliphatic carbocycles. The van der Waals surface area contributed by atoms with E-state index in [1.165, 1.54) is 24.8 Å². The van der Waals surface area contributed by atoms with Crippen molar-refractivity contribution in [2.24, 2.45) is 0 Å². The van der Waals surface area contributed by atoms with E-state index in [9.17, 15) is 4.79 Å². The highest BCUT2D eigenvalue weighted by Gasteiger charge is 2.29. The quantitative estimate of drug-likeness (QED) is 0.917. The summed E-state index contributed by atoms with van der Waals surface area (Å²) < 4.78 is 0. The highest BCUT2D eigenvalue weighted by molar-refractivity contribution is 7.10. The van der Waals surface area contributed by atoms with Crippen molar-refractivity contribution in [2.75, 3.05) is 32.7 Å². The smallest absolute Gasteiger partial charge is 0.317 e. The molecule has 0 bridgehead atoms. The second kappa shape index (κ2) is 5.61. The predicted molar refractivity (Wildman–Crippen MR) is 75.6 cm³/mol. The Bertz CT molecular complexity index is 452. The highest BCUT2D eigenvalue weighted by atomic mass is 32.1. The molecule has 1 fully saturated rings. The molecule has 0 radical (unpaired) electrons. The van der Waals surface area contributed by atoms with Crippen molar-refractivity contribution in [3.63, 3.8) is 0 Å². The number of hydrogen-bond acceptors (Lipinski definition) is 4. The van der Waals surface area contributed by atoms with Crippen LogP contribution in [0.3, 0.4) is 0 Å². The van der Waals surface area contributed by atoms with Crippen LogP contribution in [-0.4, -0.2) is 53.6 Å². The van der Waals surface area contributed by atoms with Crippen LogP contribution in [0.1, 0.15) is 29.3 Å². The van der Waals surface area contributed by atoms with Gasteiger partial charge in [-0.05, 0) is 36.3 Å². The molecule has 1 unspecified atom stereocenters. The molecule has 0 aromatic carbocycles. The van der Waals surface area contributed by atoms with Crippen molar-refractivity contribution in [3.05, 3.63) is 21.9 Å². The molecule has 1 aromatic heterocycles. The average Bonchev–Trinajstić information content (AvgIpc) is 2.87. The van der Waals surface area contributed by atoms with E-state index in [0.717, 1.165) is 26.2 Å². The van der Waals surface area contributed by atoms with E-state index >= 15 is 0 Å². The first-order valence-corrected chi connectivity index (χ1v) is 7.86. The number of fused-ring (bicyclic) bond motifs is 1. The van der Waals surface area contributed by atoms with Crippen LogP contribution in [-0.2, 0) is 11.2 Å². The Morgan fingerprint density at radius 3 is 2.89 bits per heavy atom. The summed E-state index contributed by atoms with van der Waals surface area (Å²) in [5.41, 5.74) is 1.53. The fourth-order valence-electron chi connectivity index (χ4n) is 3.27. The Kier molecular flexibility index (Phi) is 3.86. The van der Waals surface area contributed by atoms with Crippen molar-refractivity contribution in [1.82, 2.24) is 9.80 Å². The van der Waals surface area contributed by atoms with Crippen LogP contribution in [0.5, 0.6) is 0 Å². The largest absolute Gasteiger partial charge is 0.480 e. The van der Waals surface area contributed by atoms with Crippen molar-refractivity contribution >= 4 is 17.3 Å². The van der Waals surface area contributed by atoms with E-state index < -0.39 is 5.97 Å². The zero-order chi connectivity index (χ0) is 13.2. The summed E-state index contributed by atoms with van der Waals surface area (Å²) >= 11 is 1.89. The number of hydrogen-bond donors (Lipinski definition) is 1. The Morgan fingerprint density at radius 2 is 2.16 bits per heavy atom. The summed E-state index contributed by atoms with van der Waals surface area (Å²) in [5.74, 6) is -0.716. The van der Waals surface area contributed by atoms with Crippen LogP contribution in [0.2, 0.25) is 0 Å². The van der Waals surface area contributed by atoms with Gasteiger partial charge < -0.3 is 5.11 Å². The van der Waals surface area contributed by atoms with Crippen LogP contribution in [0.4, 0.5) is 0 Å². The molecule has 5 heteroatoms. The monoisotopic (exact) mass is 280 g/mol. The van der Waals surface area contributed by atoms with Crippen LogP contribution >= 0.6 is 11.3 Å². The minimum atomic E-state index is -0.716. The minimum absolute atomic E-state index is 0.183. The minimum Gasteiger partial charge on any atom is -0.480 e. The van der Waals surface area contributed by atoms with Crippen LogP contribution < -0.4 is 0 Å². The number of carboxylic acid groups (broad SMARTS) is 1. The van der Waals surface area contributed by atoms with E-state index in [1.54, 1.807) is 4.88 Å². The van der Waals surface area contributed by atoms with E-state index in [1.807, 2.05) is 16.2 Å². The third-order valence-corrected chi connectivity index (χ3v) is 5.22. The Morgan fingerprint density at radius 1 is 1.37 bits per heavy atom. The molecule has 104 valence electrons. The average molecular weight is 280 g/mol. The van der Waals surface area contributed by atoms with Gasteiger partial charge in [-0.1, -0.05) is 0 Å². The third-order valence-electron chi connectivity index (χ3n) is 4.23. The molecule has 1 aliphatic heterocycles. The molecule has 4 nitrogen and oxygen atoms in total. The fourth-order valence-corrected chi connectivity index (χ4v) is 4.25. The van der Waals surface area contributed by atoms with Gasteiger partial charge in [0.25, 0.3) is 0 Å². The molecule has 0 spiro atoms. The third kappa shape index (κ3) is 2.83. The molecule has 1 aromatic rings. The van der Waals surface area contributed by atoms with Crippen LogP contribution in [0.25, 0.3) is 0 Å². The van der Waals surface area contributed by atoms with Crippen molar-refractivity contribution < 1.29 is 9.90 Å². The summed E-state index contributed by atoms with van der Waals surface area (Å²) in [6.45, 7) is 3.92. The molecule has 2 heterocycles. The summed E-state index contributed by atoms with van der Waals surface area (Å²) in [7, 11) is 0. The molecular weight excluding hydrogens is 260 g/mol. The standard InChI is InChI=1S/C14H20N2O2S/c17-14(18)10-15-5-7-16(8-6-15)12-2-1-3-13-11(12)4-9-19-13/h4,9,12H,1-3,5-8,10H2,(H,17,18).